The largest absolute Gasteiger partial charge is 0.489 e. The van der Waals surface area contributed by atoms with E-state index in [-0.39, 0.29) is 19.1 Å². The van der Waals surface area contributed by atoms with Crippen molar-refractivity contribution >= 4 is 16.7 Å². The van der Waals surface area contributed by atoms with Gasteiger partial charge in [-0.15, -0.1) is 0 Å². The fourth-order valence-corrected chi connectivity index (χ4v) is 1.89. The number of rotatable bonds is 5. The van der Waals surface area contributed by atoms with Crippen LogP contribution in [0.25, 0.3) is 10.8 Å². The highest BCUT2D eigenvalue weighted by atomic mass is 16.6. The van der Waals surface area contributed by atoms with E-state index in [1.807, 2.05) is 42.5 Å². The predicted molar refractivity (Wildman–Crippen MR) is 74.1 cm³/mol. The first-order chi connectivity index (χ1) is 9.20. The fourth-order valence-electron chi connectivity index (χ4n) is 1.89. The summed E-state index contributed by atoms with van der Waals surface area (Å²) in [5, 5.41) is 2.14. The van der Waals surface area contributed by atoms with Crippen molar-refractivity contribution < 1.29 is 14.3 Å². The van der Waals surface area contributed by atoms with E-state index in [0.717, 1.165) is 16.5 Å². The van der Waals surface area contributed by atoms with Crippen LogP contribution < -0.4 is 10.5 Å². The van der Waals surface area contributed by atoms with E-state index in [2.05, 4.69) is 0 Å². The molecule has 0 radical (unpaired) electrons. The number of nitrogens with two attached hydrogens (primary N) is 1. The van der Waals surface area contributed by atoms with Gasteiger partial charge in [0.2, 0.25) is 0 Å². The summed E-state index contributed by atoms with van der Waals surface area (Å²) in [4.78, 5) is 10.9. The minimum Gasteiger partial charge on any atom is -0.489 e. The summed E-state index contributed by atoms with van der Waals surface area (Å²) >= 11 is 0. The number of carbonyl (C=O) groups is 1. The lowest BCUT2D eigenvalue weighted by Gasteiger charge is -2.16. The van der Waals surface area contributed by atoms with Crippen LogP contribution in [0.15, 0.2) is 42.5 Å². The molecule has 0 heterocycles. The smallest absolute Gasteiger partial charge is 0.303 e. The first kappa shape index (κ1) is 13.4. The van der Waals surface area contributed by atoms with Gasteiger partial charge >= 0.3 is 5.97 Å². The van der Waals surface area contributed by atoms with Crippen molar-refractivity contribution in [3.8, 4) is 5.75 Å². The zero-order chi connectivity index (χ0) is 13.7. The highest BCUT2D eigenvalue weighted by molar-refractivity contribution is 5.88. The SMILES string of the molecule is CC(=O)O[C@@H](CN)COc1cccc2ccccc12. The van der Waals surface area contributed by atoms with Crippen LogP contribution in [0.4, 0.5) is 0 Å². The summed E-state index contributed by atoms with van der Waals surface area (Å²) in [6.45, 7) is 1.86. The molecule has 0 saturated carbocycles. The monoisotopic (exact) mass is 259 g/mol. The molecule has 0 unspecified atom stereocenters. The van der Waals surface area contributed by atoms with Gasteiger partial charge in [-0.2, -0.15) is 0 Å². The molecule has 0 bridgehead atoms. The summed E-state index contributed by atoms with van der Waals surface area (Å²) in [6, 6.07) is 13.8. The standard InChI is InChI=1S/C15H17NO3/c1-11(17)19-13(9-16)10-18-15-8-4-6-12-5-2-3-7-14(12)15/h2-8,13H,9-10,16H2,1H3/t13-/m0/s1. The molecular weight excluding hydrogens is 242 g/mol. The number of esters is 1. The van der Waals surface area contributed by atoms with E-state index in [4.69, 9.17) is 15.2 Å². The molecule has 1 atom stereocenters. The minimum absolute atomic E-state index is 0.240. The van der Waals surface area contributed by atoms with Crippen molar-refractivity contribution in [3.63, 3.8) is 0 Å². The maximum atomic E-state index is 10.9. The van der Waals surface area contributed by atoms with Crippen molar-refractivity contribution in [2.75, 3.05) is 13.2 Å². The van der Waals surface area contributed by atoms with Gasteiger partial charge in [-0.3, -0.25) is 4.79 Å². The molecule has 2 aromatic carbocycles. The van der Waals surface area contributed by atoms with Crippen LogP contribution in [-0.2, 0) is 9.53 Å². The average Bonchev–Trinajstić information content (AvgIpc) is 2.43. The third-order valence-electron chi connectivity index (χ3n) is 2.77. The van der Waals surface area contributed by atoms with Crippen LogP contribution in [0.1, 0.15) is 6.92 Å². The van der Waals surface area contributed by atoms with Gasteiger partial charge in [0.15, 0.2) is 0 Å². The minimum atomic E-state index is -0.420. The summed E-state index contributed by atoms with van der Waals surface area (Å²) in [5.74, 6) is 0.417. The molecular formula is C15H17NO3. The van der Waals surface area contributed by atoms with E-state index in [1.54, 1.807) is 0 Å². The Morgan fingerprint density at radius 1 is 1.21 bits per heavy atom. The fraction of sp³-hybridized carbons (Fsp3) is 0.267. The molecule has 0 amide bonds. The Hall–Kier alpha value is -2.07. The Balaban J connectivity index is 2.11. The third-order valence-corrected chi connectivity index (χ3v) is 2.77. The second kappa shape index (κ2) is 6.20. The van der Waals surface area contributed by atoms with Crippen molar-refractivity contribution in [1.82, 2.24) is 0 Å². The molecule has 2 rings (SSSR count). The van der Waals surface area contributed by atoms with Gasteiger partial charge in [0.25, 0.3) is 0 Å². The topological polar surface area (TPSA) is 61.5 Å². The molecule has 4 heteroatoms. The van der Waals surface area contributed by atoms with Crippen LogP contribution in [0.3, 0.4) is 0 Å². The molecule has 0 aromatic heterocycles. The summed E-state index contributed by atoms with van der Waals surface area (Å²) in [5.41, 5.74) is 5.54. The Kier molecular flexibility index (Phi) is 4.36. The molecule has 19 heavy (non-hydrogen) atoms. The number of fused-ring (bicyclic) bond motifs is 1. The van der Waals surface area contributed by atoms with Crippen LogP contribution in [0, 0.1) is 0 Å². The van der Waals surface area contributed by atoms with E-state index in [9.17, 15) is 4.79 Å². The summed E-state index contributed by atoms with van der Waals surface area (Å²) < 4.78 is 10.8. The molecule has 0 spiro atoms. The predicted octanol–water partition coefficient (Wildman–Crippen LogP) is 2.11. The Morgan fingerprint density at radius 2 is 1.95 bits per heavy atom. The van der Waals surface area contributed by atoms with Crippen molar-refractivity contribution in [2.24, 2.45) is 5.73 Å². The van der Waals surface area contributed by atoms with Crippen molar-refractivity contribution in [3.05, 3.63) is 42.5 Å². The zero-order valence-corrected chi connectivity index (χ0v) is 10.8. The van der Waals surface area contributed by atoms with Crippen LogP contribution >= 0.6 is 0 Å². The molecule has 2 aromatic rings. The van der Waals surface area contributed by atoms with Crippen LogP contribution in [0.5, 0.6) is 5.75 Å². The molecule has 0 aliphatic rings. The van der Waals surface area contributed by atoms with Crippen LogP contribution in [-0.4, -0.2) is 25.2 Å². The van der Waals surface area contributed by atoms with Gasteiger partial charge in [-0.25, -0.2) is 0 Å². The molecule has 4 nitrogen and oxygen atoms in total. The number of hydrogen-bond donors (Lipinski definition) is 1. The highest BCUT2D eigenvalue weighted by Crippen LogP contribution is 2.25. The molecule has 0 aliphatic heterocycles. The van der Waals surface area contributed by atoms with Gasteiger partial charge in [0, 0.05) is 18.9 Å². The zero-order valence-electron chi connectivity index (χ0n) is 10.8. The Bertz CT molecular complexity index is 563. The highest BCUT2D eigenvalue weighted by Gasteiger charge is 2.11. The van der Waals surface area contributed by atoms with Gasteiger partial charge in [-0.1, -0.05) is 36.4 Å². The molecule has 2 N–H and O–H groups in total. The lowest BCUT2D eigenvalue weighted by Crippen LogP contribution is -2.31. The maximum Gasteiger partial charge on any atom is 0.303 e. The first-order valence-corrected chi connectivity index (χ1v) is 6.18. The lowest BCUT2D eigenvalue weighted by molar-refractivity contribution is -0.147. The number of ether oxygens (including phenoxy) is 2. The van der Waals surface area contributed by atoms with E-state index in [0.29, 0.717) is 0 Å². The van der Waals surface area contributed by atoms with E-state index >= 15 is 0 Å². The summed E-state index contributed by atoms with van der Waals surface area (Å²) in [6.07, 6.45) is -0.420. The molecule has 0 saturated heterocycles. The van der Waals surface area contributed by atoms with E-state index < -0.39 is 6.10 Å². The second-order valence-electron chi connectivity index (χ2n) is 4.26. The number of carbonyl (C=O) groups excluding carboxylic acids is 1. The molecule has 100 valence electrons. The summed E-state index contributed by atoms with van der Waals surface area (Å²) in [7, 11) is 0. The maximum absolute atomic E-state index is 10.9. The van der Waals surface area contributed by atoms with Gasteiger partial charge < -0.3 is 15.2 Å². The van der Waals surface area contributed by atoms with Crippen LogP contribution in [0.2, 0.25) is 0 Å². The number of hydrogen-bond acceptors (Lipinski definition) is 4. The normalized spacial score (nSPS) is 12.1. The average molecular weight is 259 g/mol. The number of benzene rings is 2. The quantitative estimate of drug-likeness (QED) is 0.835. The van der Waals surface area contributed by atoms with E-state index in [1.165, 1.54) is 6.92 Å². The van der Waals surface area contributed by atoms with Crippen molar-refractivity contribution in [1.29, 1.82) is 0 Å². The van der Waals surface area contributed by atoms with Gasteiger partial charge in [0.05, 0.1) is 0 Å². The van der Waals surface area contributed by atoms with Crippen molar-refractivity contribution in [2.45, 2.75) is 13.0 Å². The Labute approximate surface area is 112 Å². The first-order valence-electron chi connectivity index (χ1n) is 6.18. The lowest BCUT2D eigenvalue weighted by atomic mass is 10.1. The molecule has 0 aliphatic carbocycles. The molecule has 0 fully saturated rings. The third kappa shape index (κ3) is 3.45. The van der Waals surface area contributed by atoms with Gasteiger partial charge in [-0.05, 0) is 11.5 Å². The second-order valence-corrected chi connectivity index (χ2v) is 4.26. The Morgan fingerprint density at radius 3 is 2.68 bits per heavy atom. The van der Waals surface area contributed by atoms with Gasteiger partial charge in [0.1, 0.15) is 18.5 Å².